The quantitative estimate of drug-likeness (QED) is 0.0313. The van der Waals surface area contributed by atoms with Crippen LogP contribution >= 0.6 is 0 Å². The van der Waals surface area contributed by atoms with E-state index in [0.717, 1.165) is 47.9 Å². The number of fused-ring (bicyclic) bond motifs is 2. The number of methoxy groups -OCH3 is 1. The summed E-state index contributed by atoms with van der Waals surface area (Å²) in [7, 11) is 1.30. The Morgan fingerprint density at radius 1 is 0.899 bits per heavy atom. The van der Waals surface area contributed by atoms with Gasteiger partial charge in [-0.3, -0.25) is 15.0 Å². The van der Waals surface area contributed by atoms with Crippen molar-refractivity contribution in [2.45, 2.75) is 75.8 Å². The monoisotopic (exact) mass is 939 g/mol. The molecule has 5 aromatic carbocycles. The van der Waals surface area contributed by atoms with Gasteiger partial charge in [0, 0.05) is 49.8 Å². The Morgan fingerprint density at radius 3 is 2.26 bits per heavy atom. The molecule has 14 heteroatoms. The Labute approximate surface area is 401 Å². The molecule has 5 aromatic rings. The number of ether oxygens (including phenoxy) is 4. The van der Waals surface area contributed by atoms with E-state index in [-0.39, 0.29) is 62.8 Å². The Bertz CT molecular complexity index is 2610. The zero-order valence-electron chi connectivity index (χ0n) is 38.7. The van der Waals surface area contributed by atoms with Crippen molar-refractivity contribution in [2.24, 2.45) is 22.9 Å². The van der Waals surface area contributed by atoms with Gasteiger partial charge in [-0.25, -0.2) is 9.18 Å². The number of halogens is 1. The molecule has 6 unspecified atom stereocenters. The van der Waals surface area contributed by atoms with Crippen molar-refractivity contribution in [1.29, 1.82) is 0 Å². The predicted octanol–water partition coefficient (Wildman–Crippen LogP) is 11.3. The maximum atomic E-state index is 14.3. The molecule has 1 aliphatic heterocycles. The molecule has 8 rings (SSSR count). The first-order valence-corrected chi connectivity index (χ1v) is 23.5. The van der Waals surface area contributed by atoms with Gasteiger partial charge in [-0.05, 0) is 120 Å². The minimum absolute atomic E-state index is 0.0000433. The molecule has 69 heavy (non-hydrogen) atoms. The van der Waals surface area contributed by atoms with E-state index in [1.165, 1.54) is 31.4 Å². The first-order chi connectivity index (χ1) is 33.7. The number of aliphatic hydroxyl groups is 2. The molecule has 2 aliphatic carbocycles. The lowest BCUT2D eigenvalue weighted by atomic mass is 9.55. The molecule has 0 aromatic heterocycles. The fourth-order valence-electron chi connectivity index (χ4n) is 10.3. The van der Waals surface area contributed by atoms with E-state index < -0.39 is 34.6 Å². The van der Waals surface area contributed by atoms with Gasteiger partial charge in [0.1, 0.15) is 35.7 Å². The second kappa shape index (κ2) is 22.5. The number of nitro benzene ring substituents is 1. The van der Waals surface area contributed by atoms with Crippen molar-refractivity contribution in [1.82, 2.24) is 4.90 Å². The molecule has 13 nitrogen and oxygen atoms in total. The number of hydrogen-bond donors (Lipinski definition) is 2. The van der Waals surface area contributed by atoms with E-state index in [1.54, 1.807) is 35.2 Å². The SMILES string of the molecule is C=CCOC12Oc3ccc(Oc4ccc(-c5ccccc5)cc4)cc3C3C(CCCCO)C(CCCCO)C=C(C(=NOCc4ccc([N+](=O)[O-])cc4)CC1N(Cc1ccc(F)cc1)C(=O)OC)C32. The standard InChI is InChI=1S/C55H58FN3O10/c1-3-31-66-55-51(58(54(62)65-2)35-37-15-21-42(56)22-16-37)34-49(57-67-36-38-17-23-43(24-18-38)59(63)64)47-32-41(13-7-9-29-60)46(14-8-10-30-61)52(53(47)55)48-33-45(27-28-50(48)69-55)68-44-25-19-40(20-26-44)39-11-5-4-6-12-39/h3-6,11-12,15-28,32-33,41,46,51-53,60-61H,1,7-10,13-14,29-31,34-36H2,2H3. The number of unbranched alkanes of at least 4 members (excludes halogenated alkanes) is 2. The number of oxime groups is 1. The minimum atomic E-state index is -1.58. The number of allylic oxidation sites excluding steroid dienone is 1. The van der Waals surface area contributed by atoms with Crippen LogP contribution in [0.3, 0.4) is 0 Å². The van der Waals surface area contributed by atoms with Gasteiger partial charge < -0.3 is 34.0 Å². The molecule has 360 valence electrons. The van der Waals surface area contributed by atoms with Crippen molar-refractivity contribution < 1.29 is 48.1 Å². The van der Waals surface area contributed by atoms with E-state index in [9.17, 15) is 29.5 Å². The zero-order valence-corrected chi connectivity index (χ0v) is 38.7. The van der Waals surface area contributed by atoms with E-state index >= 15 is 0 Å². The first kappa shape index (κ1) is 48.6. The third-order valence-electron chi connectivity index (χ3n) is 13.4. The Kier molecular flexibility index (Phi) is 15.8. The largest absolute Gasteiger partial charge is 0.459 e. The summed E-state index contributed by atoms with van der Waals surface area (Å²) >= 11 is 0. The number of amides is 1. The summed E-state index contributed by atoms with van der Waals surface area (Å²) in [6.45, 7) is 4.14. The van der Waals surface area contributed by atoms with Gasteiger partial charge in [-0.1, -0.05) is 84.7 Å². The van der Waals surface area contributed by atoms with Crippen LogP contribution in [-0.4, -0.2) is 70.6 Å². The highest BCUT2D eigenvalue weighted by Gasteiger charge is 2.65. The maximum absolute atomic E-state index is 14.3. The van der Waals surface area contributed by atoms with Gasteiger partial charge >= 0.3 is 6.09 Å². The molecular formula is C55H58FN3O10. The predicted molar refractivity (Wildman–Crippen MR) is 259 cm³/mol. The Hall–Kier alpha value is -6.87. The molecule has 0 spiro atoms. The van der Waals surface area contributed by atoms with Crippen LogP contribution in [0.15, 0.2) is 151 Å². The number of hydrogen-bond acceptors (Lipinski definition) is 11. The van der Waals surface area contributed by atoms with Crippen LogP contribution in [-0.2, 0) is 27.5 Å². The van der Waals surface area contributed by atoms with Gasteiger partial charge in [0.05, 0.1) is 30.3 Å². The van der Waals surface area contributed by atoms with Gasteiger partial charge in [-0.2, -0.15) is 0 Å². The van der Waals surface area contributed by atoms with Crippen molar-refractivity contribution in [3.8, 4) is 28.4 Å². The van der Waals surface area contributed by atoms with E-state index in [4.69, 9.17) is 28.9 Å². The number of carbonyl (C=O) groups excluding carboxylic acids is 1. The molecule has 1 fully saturated rings. The average Bonchev–Trinajstić information content (AvgIpc) is 3.37. The lowest BCUT2D eigenvalue weighted by Gasteiger charge is -2.59. The lowest BCUT2D eigenvalue weighted by Crippen LogP contribution is -2.70. The average molecular weight is 940 g/mol. The summed E-state index contributed by atoms with van der Waals surface area (Å²) in [4.78, 5) is 32.9. The minimum Gasteiger partial charge on any atom is -0.459 e. The molecule has 1 amide bonds. The first-order valence-electron chi connectivity index (χ1n) is 23.5. The zero-order chi connectivity index (χ0) is 48.3. The van der Waals surface area contributed by atoms with E-state index in [2.05, 4.69) is 24.8 Å². The third kappa shape index (κ3) is 10.9. The fourth-order valence-corrected chi connectivity index (χ4v) is 10.3. The summed E-state index contributed by atoms with van der Waals surface area (Å²) in [5.74, 6) is -1.27. The highest BCUT2D eigenvalue weighted by atomic mass is 19.1. The van der Waals surface area contributed by atoms with Gasteiger partial charge in [-0.15, -0.1) is 6.58 Å². The number of nitrogens with zero attached hydrogens (tertiary/aromatic N) is 3. The summed E-state index contributed by atoms with van der Waals surface area (Å²) in [6.07, 6.45) is 7.45. The van der Waals surface area contributed by atoms with Crippen LogP contribution in [0.25, 0.3) is 11.1 Å². The topological polar surface area (TPSA) is 162 Å². The molecule has 1 heterocycles. The fraction of sp³-hybridized carbons (Fsp3) is 0.345. The molecule has 6 atom stereocenters. The van der Waals surface area contributed by atoms with Crippen molar-refractivity contribution in [2.75, 3.05) is 26.9 Å². The number of nitro groups is 1. The van der Waals surface area contributed by atoms with Crippen molar-refractivity contribution in [3.05, 3.63) is 178 Å². The summed E-state index contributed by atoms with van der Waals surface area (Å²) < 4.78 is 40.8. The third-order valence-corrected chi connectivity index (χ3v) is 13.4. The summed E-state index contributed by atoms with van der Waals surface area (Å²) in [6, 6.07) is 34.9. The van der Waals surface area contributed by atoms with Gasteiger partial charge in [0.25, 0.3) is 5.69 Å². The second-order valence-electron chi connectivity index (χ2n) is 17.7. The number of benzene rings is 5. The van der Waals surface area contributed by atoms with Crippen LogP contribution in [0.1, 0.15) is 67.6 Å². The molecule has 0 bridgehead atoms. The number of carbonyl (C=O) groups is 1. The lowest BCUT2D eigenvalue weighted by molar-refractivity contribution is -0.384. The van der Waals surface area contributed by atoms with Crippen molar-refractivity contribution in [3.63, 3.8) is 0 Å². The van der Waals surface area contributed by atoms with Crippen LogP contribution in [0.2, 0.25) is 0 Å². The van der Waals surface area contributed by atoms with Crippen molar-refractivity contribution >= 4 is 17.5 Å². The molecule has 0 saturated heterocycles. The van der Waals surface area contributed by atoms with Gasteiger partial charge in [0.15, 0.2) is 0 Å². The number of aliphatic hydroxyl groups excluding tert-OH is 2. The highest BCUT2D eigenvalue weighted by molar-refractivity contribution is 6.03. The van der Waals surface area contributed by atoms with Crippen LogP contribution in [0.4, 0.5) is 14.9 Å². The van der Waals surface area contributed by atoms with Crippen LogP contribution in [0, 0.1) is 33.7 Å². The molecule has 2 N–H and O–H groups in total. The molecular weight excluding hydrogens is 882 g/mol. The molecule has 1 saturated carbocycles. The smallest absolute Gasteiger partial charge is 0.410 e. The van der Waals surface area contributed by atoms with E-state index in [0.29, 0.717) is 46.9 Å². The Balaban J connectivity index is 1.29. The molecule has 3 aliphatic rings. The van der Waals surface area contributed by atoms with Crippen LogP contribution < -0.4 is 9.47 Å². The Morgan fingerprint density at radius 2 is 1.58 bits per heavy atom. The molecule has 0 radical (unpaired) electrons. The highest BCUT2D eigenvalue weighted by Crippen LogP contribution is 2.62. The van der Waals surface area contributed by atoms with Gasteiger partial charge in [0.2, 0.25) is 5.79 Å². The number of non-ortho nitro benzene ring substituents is 1. The summed E-state index contributed by atoms with van der Waals surface area (Å²) in [5.41, 5.74) is 5.62. The van der Waals surface area contributed by atoms with Crippen LogP contribution in [0.5, 0.6) is 17.2 Å². The summed E-state index contributed by atoms with van der Waals surface area (Å²) in [5, 5.41) is 36.3. The normalized spacial score (nSPS) is 21.8. The maximum Gasteiger partial charge on any atom is 0.410 e. The number of rotatable bonds is 21. The second-order valence-corrected chi connectivity index (χ2v) is 17.7. The van der Waals surface area contributed by atoms with E-state index in [1.807, 2.05) is 60.7 Å².